The highest BCUT2D eigenvalue weighted by molar-refractivity contribution is 5.94. The molecule has 0 bridgehead atoms. The highest BCUT2D eigenvalue weighted by Gasteiger charge is 2.36. The number of nitrogens with one attached hydrogen (secondary N) is 1. The predicted molar refractivity (Wildman–Crippen MR) is 144 cm³/mol. The van der Waals surface area contributed by atoms with Crippen molar-refractivity contribution in [2.24, 2.45) is 0 Å². The molecule has 5 nitrogen and oxygen atoms in total. The van der Waals surface area contributed by atoms with Crippen molar-refractivity contribution in [1.82, 2.24) is 4.90 Å². The van der Waals surface area contributed by atoms with Gasteiger partial charge >= 0.3 is 0 Å². The summed E-state index contributed by atoms with van der Waals surface area (Å²) in [6, 6.07) is 16.3. The number of hydrogen-bond donors (Lipinski definition) is 1. The fourth-order valence-corrected chi connectivity index (χ4v) is 5.70. The molecule has 0 unspecified atom stereocenters. The molecule has 5 rings (SSSR count). The van der Waals surface area contributed by atoms with Gasteiger partial charge in [0.1, 0.15) is 0 Å². The van der Waals surface area contributed by atoms with Crippen molar-refractivity contribution in [3.63, 3.8) is 0 Å². The third-order valence-electron chi connectivity index (χ3n) is 7.61. The second kappa shape index (κ2) is 10.5. The molecule has 2 heterocycles. The summed E-state index contributed by atoms with van der Waals surface area (Å²) in [7, 11) is 0. The predicted octanol–water partition coefficient (Wildman–Crippen LogP) is 6.47. The van der Waals surface area contributed by atoms with Crippen LogP contribution in [0.15, 0.2) is 48.5 Å². The Hall–Kier alpha value is -3.38. The second-order valence-electron chi connectivity index (χ2n) is 10.2. The number of nitrogens with zero attached hydrogens (tertiary/aromatic N) is 1. The number of anilines is 1. The van der Waals surface area contributed by atoms with Crippen molar-refractivity contribution in [3.8, 4) is 11.5 Å². The third kappa shape index (κ3) is 5.21. The molecule has 1 amide bonds. The zero-order valence-corrected chi connectivity index (χ0v) is 22.1. The molecule has 0 radical (unpaired) electrons. The number of carbonyl (C=O) groups is 1. The van der Waals surface area contributed by atoms with E-state index in [0.29, 0.717) is 12.3 Å². The van der Waals surface area contributed by atoms with E-state index in [4.69, 9.17) is 9.47 Å². The summed E-state index contributed by atoms with van der Waals surface area (Å²) in [5, 5.41) is 3.24. The van der Waals surface area contributed by atoms with Crippen LogP contribution in [-0.2, 0) is 17.6 Å². The second-order valence-corrected chi connectivity index (χ2v) is 10.2. The number of benzene rings is 3. The summed E-state index contributed by atoms with van der Waals surface area (Å²) in [5.74, 6) is 0.288. The number of carbonyl (C=O) groups excluding carboxylic acids is 1. The minimum Gasteiger partial charge on any atom is -0.453 e. The lowest BCUT2D eigenvalue weighted by Gasteiger charge is -2.25. The molecule has 0 saturated carbocycles. The summed E-state index contributed by atoms with van der Waals surface area (Å²) >= 11 is 0. The molecule has 2 aliphatic rings. The Morgan fingerprint density at radius 3 is 2.35 bits per heavy atom. The van der Waals surface area contributed by atoms with Crippen LogP contribution < -0.4 is 14.8 Å². The molecule has 6 heteroatoms. The van der Waals surface area contributed by atoms with Gasteiger partial charge in [-0.15, -0.1) is 0 Å². The van der Waals surface area contributed by atoms with Crippen LogP contribution in [0.25, 0.3) is 0 Å². The third-order valence-corrected chi connectivity index (χ3v) is 7.61. The Kier molecular flexibility index (Phi) is 7.20. The van der Waals surface area contributed by atoms with E-state index in [-0.39, 0.29) is 37.0 Å². The van der Waals surface area contributed by atoms with Crippen LogP contribution in [0.2, 0.25) is 0 Å². The molecule has 3 aromatic rings. The highest BCUT2D eigenvalue weighted by atomic mass is 19.1. The minimum atomic E-state index is -0.397. The highest BCUT2D eigenvalue weighted by Crippen LogP contribution is 2.44. The Morgan fingerprint density at radius 1 is 0.973 bits per heavy atom. The van der Waals surface area contributed by atoms with Crippen molar-refractivity contribution in [1.29, 1.82) is 0 Å². The van der Waals surface area contributed by atoms with Gasteiger partial charge in [0.15, 0.2) is 11.6 Å². The van der Waals surface area contributed by atoms with Gasteiger partial charge in [0.2, 0.25) is 18.4 Å². The molecule has 2 aliphatic heterocycles. The smallest absolute Gasteiger partial charge is 0.238 e. The molecule has 194 valence electrons. The number of rotatable bonds is 7. The summed E-state index contributed by atoms with van der Waals surface area (Å²) < 4.78 is 25.4. The maximum absolute atomic E-state index is 14.7. The largest absolute Gasteiger partial charge is 0.453 e. The number of halogens is 1. The first-order valence-corrected chi connectivity index (χ1v) is 13.2. The van der Waals surface area contributed by atoms with E-state index < -0.39 is 5.82 Å². The molecule has 0 spiro atoms. The van der Waals surface area contributed by atoms with Crippen LogP contribution in [0.1, 0.15) is 65.6 Å². The summed E-state index contributed by atoms with van der Waals surface area (Å²) in [6.07, 6.45) is 2.51. The number of hydrogen-bond acceptors (Lipinski definition) is 4. The number of amides is 1. The van der Waals surface area contributed by atoms with Gasteiger partial charge in [-0.25, -0.2) is 4.39 Å². The lowest BCUT2D eigenvalue weighted by atomic mass is 9.93. The van der Waals surface area contributed by atoms with Gasteiger partial charge in [0.05, 0.1) is 6.54 Å². The van der Waals surface area contributed by atoms with Crippen molar-refractivity contribution in [2.75, 3.05) is 25.2 Å². The lowest BCUT2D eigenvalue weighted by molar-refractivity contribution is -0.117. The Balaban J connectivity index is 1.40. The molecule has 0 aromatic heterocycles. The van der Waals surface area contributed by atoms with E-state index in [1.807, 2.05) is 6.07 Å². The van der Waals surface area contributed by atoms with Crippen LogP contribution in [0.5, 0.6) is 11.5 Å². The molecule has 1 N–H and O–H groups in total. The molecule has 0 aliphatic carbocycles. The molecular weight excluding hydrogens is 467 g/mol. The van der Waals surface area contributed by atoms with Gasteiger partial charge in [0, 0.05) is 18.3 Å². The quantitative estimate of drug-likeness (QED) is 0.403. The zero-order valence-electron chi connectivity index (χ0n) is 22.1. The topological polar surface area (TPSA) is 50.8 Å². The van der Waals surface area contributed by atoms with Crippen LogP contribution in [0, 0.1) is 19.7 Å². The van der Waals surface area contributed by atoms with E-state index in [9.17, 15) is 9.18 Å². The van der Waals surface area contributed by atoms with Gasteiger partial charge in [-0.2, -0.15) is 0 Å². The van der Waals surface area contributed by atoms with Gasteiger partial charge in [-0.1, -0.05) is 61.4 Å². The maximum Gasteiger partial charge on any atom is 0.238 e. The fourth-order valence-electron chi connectivity index (χ4n) is 5.70. The Labute approximate surface area is 218 Å². The fraction of sp³-hybridized carbons (Fsp3) is 0.387. The van der Waals surface area contributed by atoms with Crippen LogP contribution >= 0.6 is 0 Å². The minimum absolute atomic E-state index is 0.0251. The normalized spacial score (nSPS) is 18.8. The molecule has 1 fully saturated rings. The molecule has 37 heavy (non-hydrogen) atoms. The summed E-state index contributed by atoms with van der Waals surface area (Å²) in [5.41, 5.74) is 7.72. The number of ether oxygens (including phenoxy) is 2. The van der Waals surface area contributed by atoms with Crippen molar-refractivity contribution in [3.05, 3.63) is 87.7 Å². The van der Waals surface area contributed by atoms with Crippen molar-refractivity contribution < 1.29 is 18.7 Å². The standard InChI is InChI=1S/C31H35FN2O3/c1-5-21-11-20(4)12-22(6-2)30(21)33-29(35)17-34-16-25(14-27(34)23-9-7-19(3)8-10-23)24-13-26(32)31-28(15-24)36-18-37-31/h7-13,15,25,27H,5-6,14,16-18H2,1-4H3,(H,33,35)/t25-,27-/m1/s1. The molecular formula is C31H35FN2O3. The first-order valence-electron chi connectivity index (χ1n) is 13.2. The van der Waals surface area contributed by atoms with Gasteiger partial charge in [0.25, 0.3) is 0 Å². The van der Waals surface area contributed by atoms with Crippen molar-refractivity contribution >= 4 is 11.6 Å². The lowest BCUT2D eigenvalue weighted by Crippen LogP contribution is -2.33. The van der Waals surface area contributed by atoms with E-state index >= 15 is 0 Å². The number of likely N-dealkylation sites (tertiary alicyclic amines) is 1. The maximum atomic E-state index is 14.7. The average Bonchev–Trinajstić information content (AvgIpc) is 3.53. The van der Waals surface area contributed by atoms with Crippen molar-refractivity contribution in [2.45, 2.75) is 58.9 Å². The van der Waals surface area contributed by atoms with E-state index in [0.717, 1.165) is 41.6 Å². The molecule has 1 saturated heterocycles. The molecule has 2 atom stereocenters. The monoisotopic (exact) mass is 502 g/mol. The summed E-state index contributed by atoms with van der Waals surface area (Å²) in [6.45, 7) is 9.36. The Morgan fingerprint density at radius 2 is 1.68 bits per heavy atom. The van der Waals surface area contributed by atoms with Gasteiger partial charge in [-0.05, 0) is 73.4 Å². The van der Waals surface area contributed by atoms with E-state index in [1.54, 1.807) is 6.07 Å². The number of aryl methyl sites for hydroxylation is 4. The van der Waals surface area contributed by atoms with E-state index in [1.165, 1.54) is 16.7 Å². The molecule has 3 aromatic carbocycles. The van der Waals surface area contributed by atoms with Crippen LogP contribution in [-0.4, -0.2) is 30.7 Å². The van der Waals surface area contributed by atoms with Crippen LogP contribution in [0.4, 0.5) is 10.1 Å². The first-order chi connectivity index (χ1) is 17.9. The first kappa shape index (κ1) is 25.3. The zero-order chi connectivity index (χ0) is 26.1. The SMILES string of the molecule is CCc1cc(C)cc(CC)c1NC(=O)CN1C[C@H](c2cc(F)c3c(c2)OCO3)C[C@@H]1c1ccc(C)cc1. The average molecular weight is 503 g/mol. The van der Waals surface area contributed by atoms with Gasteiger partial charge < -0.3 is 14.8 Å². The Bertz CT molecular complexity index is 1280. The van der Waals surface area contributed by atoms with Gasteiger partial charge in [-0.3, -0.25) is 9.69 Å². The van der Waals surface area contributed by atoms with Crippen LogP contribution in [0.3, 0.4) is 0 Å². The van der Waals surface area contributed by atoms with E-state index in [2.05, 4.69) is 74.3 Å². The summed E-state index contributed by atoms with van der Waals surface area (Å²) in [4.78, 5) is 15.6. The number of fused-ring (bicyclic) bond motifs is 1.